The third-order valence-corrected chi connectivity index (χ3v) is 4.89. The quantitative estimate of drug-likeness (QED) is 0.772. The molecule has 0 aromatic carbocycles. The van der Waals surface area contributed by atoms with Gasteiger partial charge in [0.1, 0.15) is 0 Å². The highest BCUT2D eigenvalue weighted by atomic mass is 16.3. The molecule has 0 spiro atoms. The highest BCUT2D eigenvalue weighted by molar-refractivity contribution is 5.78. The fraction of sp³-hybridized carbons (Fsp3) is 0.938. The first-order valence-electron chi connectivity index (χ1n) is 8.09. The molecular formula is C16H29NO2. The van der Waals surface area contributed by atoms with Crippen LogP contribution in [0.25, 0.3) is 0 Å². The summed E-state index contributed by atoms with van der Waals surface area (Å²) in [4.78, 5) is 12.2. The Kier molecular flexibility index (Phi) is 5.26. The molecule has 19 heavy (non-hydrogen) atoms. The molecule has 2 fully saturated rings. The topological polar surface area (TPSA) is 49.3 Å². The van der Waals surface area contributed by atoms with Gasteiger partial charge in [0.2, 0.25) is 5.91 Å². The van der Waals surface area contributed by atoms with Gasteiger partial charge in [-0.05, 0) is 31.6 Å². The van der Waals surface area contributed by atoms with E-state index in [0.717, 1.165) is 32.1 Å². The SMILES string of the molecule is CC1CCCC(O)(CNC(=O)C2CCCCCC2)C1. The van der Waals surface area contributed by atoms with Gasteiger partial charge in [-0.1, -0.05) is 45.4 Å². The lowest BCUT2D eigenvalue weighted by Crippen LogP contribution is -2.47. The average molecular weight is 267 g/mol. The second kappa shape index (κ2) is 6.74. The first-order valence-corrected chi connectivity index (χ1v) is 8.09. The van der Waals surface area contributed by atoms with Gasteiger partial charge >= 0.3 is 0 Å². The van der Waals surface area contributed by atoms with E-state index in [1.54, 1.807) is 0 Å². The number of nitrogens with one attached hydrogen (secondary N) is 1. The standard InChI is InChI=1S/C16H29NO2/c1-13-7-6-10-16(19,11-13)12-17-15(18)14-8-4-2-3-5-9-14/h13-14,19H,2-12H2,1H3,(H,17,18). The van der Waals surface area contributed by atoms with Crippen molar-refractivity contribution >= 4 is 5.91 Å². The normalized spacial score (nSPS) is 33.7. The molecule has 0 radical (unpaired) electrons. The third kappa shape index (κ3) is 4.48. The van der Waals surface area contributed by atoms with Crippen LogP contribution in [0.5, 0.6) is 0 Å². The minimum absolute atomic E-state index is 0.175. The smallest absolute Gasteiger partial charge is 0.223 e. The first-order chi connectivity index (χ1) is 9.09. The zero-order valence-corrected chi connectivity index (χ0v) is 12.3. The van der Waals surface area contributed by atoms with Gasteiger partial charge < -0.3 is 10.4 Å². The molecule has 0 aromatic rings. The lowest BCUT2D eigenvalue weighted by Gasteiger charge is -2.36. The fourth-order valence-corrected chi connectivity index (χ4v) is 3.73. The van der Waals surface area contributed by atoms with Gasteiger partial charge in [0.15, 0.2) is 0 Å². The molecule has 3 heteroatoms. The van der Waals surface area contributed by atoms with Crippen LogP contribution in [0.1, 0.15) is 71.1 Å². The predicted molar refractivity (Wildman–Crippen MR) is 76.8 cm³/mol. The summed E-state index contributed by atoms with van der Waals surface area (Å²) in [5.41, 5.74) is -0.655. The van der Waals surface area contributed by atoms with Crippen LogP contribution in [0.2, 0.25) is 0 Å². The zero-order chi connectivity index (χ0) is 13.7. The van der Waals surface area contributed by atoms with Crippen LogP contribution in [0.3, 0.4) is 0 Å². The minimum atomic E-state index is -0.655. The molecule has 0 heterocycles. The maximum absolute atomic E-state index is 12.2. The van der Waals surface area contributed by atoms with Gasteiger partial charge in [0, 0.05) is 12.5 Å². The molecule has 0 bridgehead atoms. The minimum Gasteiger partial charge on any atom is -0.388 e. The van der Waals surface area contributed by atoms with Crippen molar-refractivity contribution in [3.05, 3.63) is 0 Å². The summed E-state index contributed by atoms with van der Waals surface area (Å²) >= 11 is 0. The van der Waals surface area contributed by atoms with E-state index in [1.165, 1.54) is 32.1 Å². The Labute approximate surface area is 117 Å². The Morgan fingerprint density at radius 2 is 1.84 bits per heavy atom. The van der Waals surface area contributed by atoms with Crippen LogP contribution in [0.4, 0.5) is 0 Å². The molecule has 2 aliphatic rings. The molecule has 2 unspecified atom stereocenters. The molecule has 2 atom stereocenters. The molecule has 2 rings (SSSR count). The van der Waals surface area contributed by atoms with Gasteiger partial charge in [-0.3, -0.25) is 4.79 Å². The summed E-state index contributed by atoms with van der Waals surface area (Å²) in [6, 6.07) is 0. The molecule has 2 N–H and O–H groups in total. The number of hydrogen-bond donors (Lipinski definition) is 2. The Balaban J connectivity index is 1.78. The van der Waals surface area contributed by atoms with E-state index < -0.39 is 5.60 Å². The zero-order valence-electron chi connectivity index (χ0n) is 12.3. The summed E-state index contributed by atoms with van der Waals surface area (Å²) in [5, 5.41) is 13.6. The molecule has 110 valence electrons. The summed E-state index contributed by atoms with van der Waals surface area (Å²) in [6.07, 6.45) is 10.9. The number of carbonyl (C=O) groups is 1. The van der Waals surface area contributed by atoms with Gasteiger partial charge in [0.25, 0.3) is 0 Å². The van der Waals surface area contributed by atoms with E-state index in [2.05, 4.69) is 12.2 Å². The molecule has 3 nitrogen and oxygen atoms in total. The molecule has 1 amide bonds. The predicted octanol–water partition coefficient (Wildman–Crippen LogP) is 3.01. The van der Waals surface area contributed by atoms with E-state index in [9.17, 15) is 9.90 Å². The van der Waals surface area contributed by atoms with E-state index in [1.807, 2.05) is 0 Å². The van der Waals surface area contributed by atoms with E-state index >= 15 is 0 Å². The Hall–Kier alpha value is -0.570. The van der Waals surface area contributed by atoms with E-state index in [4.69, 9.17) is 0 Å². The number of carbonyl (C=O) groups excluding carboxylic acids is 1. The van der Waals surface area contributed by atoms with Crippen LogP contribution in [-0.4, -0.2) is 23.2 Å². The van der Waals surface area contributed by atoms with Crippen molar-refractivity contribution in [1.29, 1.82) is 0 Å². The monoisotopic (exact) mass is 267 g/mol. The van der Waals surface area contributed by atoms with Crippen LogP contribution < -0.4 is 5.32 Å². The number of rotatable bonds is 3. The largest absolute Gasteiger partial charge is 0.388 e. The van der Waals surface area contributed by atoms with Crippen molar-refractivity contribution in [3.8, 4) is 0 Å². The van der Waals surface area contributed by atoms with Gasteiger partial charge in [0.05, 0.1) is 5.60 Å². The van der Waals surface area contributed by atoms with Crippen molar-refractivity contribution in [2.45, 2.75) is 76.7 Å². The summed E-state index contributed by atoms with van der Waals surface area (Å²) in [7, 11) is 0. The summed E-state index contributed by atoms with van der Waals surface area (Å²) < 4.78 is 0. The van der Waals surface area contributed by atoms with Gasteiger partial charge in [-0.15, -0.1) is 0 Å². The molecule has 2 saturated carbocycles. The van der Waals surface area contributed by atoms with Crippen LogP contribution in [0, 0.1) is 11.8 Å². The van der Waals surface area contributed by atoms with Crippen molar-refractivity contribution in [1.82, 2.24) is 5.32 Å². The first kappa shape index (κ1) is 14.8. The van der Waals surface area contributed by atoms with Crippen LogP contribution in [-0.2, 0) is 4.79 Å². The van der Waals surface area contributed by atoms with Crippen LogP contribution >= 0.6 is 0 Å². The molecule has 0 aromatic heterocycles. The second-order valence-corrected chi connectivity index (χ2v) is 6.83. The number of aliphatic hydroxyl groups is 1. The third-order valence-electron chi connectivity index (χ3n) is 4.89. The highest BCUT2D eigenvalue weighted by Crippen LogP contribution is 2.32. The fourth-order valence-electron chi connectivity index (χ4n) is 3.73. The lowest BCUT2D eigenvalue weighted by molar-refractivity contribution is -0.127. The van der Waals surface area contributed by atoms with Crippen molar-refractivity contribution in [2.75, 3.05) is 6.54 Å². The van der Waals surface area contributed by atoms with E-state index in [0.29, 0.717) is 12.5 Å². The molecular weight excluding hydrogens is 238 g/mol. The molecule has 2 aliphatic carbocycles. The Morgan fingerprint density at radius 1 is 1.16 bits per heavy atom. The van der Waals surface area contributed by atoms with Gasteiger partial charge in [-0.25, -0.2) is 0 Å². The Morgan fingerprint density at radius 3 is 2.47 bits per heavy atom. The molecule has 0 saturated heterocycles. The van der Waals surface area contributed by atoms with Crippen molar-refractivity contribution in [2.24, 2.45) is 11.8 Å². The maximum atomic E-state index is 12.2. The van der Waals surface area contributed by atoms with Gasteiger partial charge in [-0.2, -0.15) is 0 Å². The number of amides is 1. The van der Waals surface area contributed by atoms with Crippen molar-refractivity contribution < 1.29 is 9.90 Å². The van der Waals surface area contributed by atoms with Crippen molar-refractivity contribution in [3.63, 3.8) is 0 Å². The van der Waals surface area contributed by atoms with E-state index in [-0.39, 0.29) is 11.8 Å². The molecule has 0 aliphatic heterocycles. The number of hydrogen-bond acceptors (Lipinski definition) is 2. The lowest BCUT2D eigenvalue weighted by atomic mass is 9.79. The maximum Gasteiger partial charge on any atom is 0.223 e. The average Bonchev–Trinajstić information content (AvgIpc) is 2.64. The Bertz CT molecular complexity index is 297. The second-order valence-electron chi connectivity index (χ2n) is 6.83. The summed E-state index contributed by atoms with van der Waals surface area (Å²) in [5.74, 6) is 0.939. The highest BCUT2D eigenvalue weighted by Gasteiger charge is 2.33. The van der Waals surface area contributed by atoms with Crippen LogP contribution in [0.15, 0.2) is 0 Å². The summed E-state index contributed by atoms with van der Waals surface area (Å²) in [6.45, 7) is 2.64.